The van der Waals surface area contributed by atoms with E-state index in [9.17, 15) is 9.59 Å². The topological polar surface area (TPSA) is 88.6 Å². The molecule has 2 heterocycles. The molecule has 0 fully saturated rings. The van der Waals surface area contributed by atoms with Crippen LogP contribution in [0.25, 0.3) is 11.3 Å². The number of carbonyl (C=O) groups is 2. The summed E-state index contributed by atoms with van der Waals surface area (Å²) in [5.41, 5.74) is 1.10. The lowest BCUT2D eigenvalue weighted by Crippen LogP contribution is -2.56. The minimum atomic E-state index is -0.845. The number of nitrogens with one attached hydrogen (secondary N) is 1. The molecule has 1 unspecified atom stereocenters. The quantitative estimate of drug-likeness (QED) is 0.550. The average molecular weight is 456 g/mol. The molecule has 34 heavy (non-hydrogen) atoms. The first-order valence-electron chi connectivity index (χ1n) is 10.8. The Kier molecular flexibility index (Phi) is 6.24. The molecule has 4 rings (SSSR count). The molecule has 2 amide bonds. The van der Waals surface area contributed by atoms with Gasteiger partial charge < -0.3 is 14.2 Å². The molecule has 1 N–H and O–H groups in total. The predicted octanol–water partition coefficient (Wildman–Crippen LogP) is 4.59. The summed E-state index contributed by atoms with van der Waals surface area (Å²) in [6, 6.07) is 7.84. The molecule has 1 aromatic carbocycles. The third kappa shape index (κ3) is 4.86. The van der Waals surface area contributed by atoms with Gasteiger partial charge in [-0.25, -0.2) is 4.98 Å². The standard InChI is InChI=1S/C27H25N3O4/c1-5-22-14-20(16-33-22)26(32)30(21-12-10-18(11-13-21)23-15-28-17-34-23)24(19-8-6-7-9-19)25(31)29-27(2,3)4/h1,6-17,19,24H,2-4H3,(H,29,31). The number of oxazole rings is 1. The summed E-state index contributed by atoms with van der Waals surface area (Å²) >= 11 is 0. The lowest BCUT2D eigenvalue weighted by atomic mass is 9.95. The SMILES string of the molecule is C#Cc1cc(C(=O)N(c2ccc(-c3cnco3)cc2)C(C(=O)NC(C)(C)C)C2C=CC=C2)co1. The second-order valence-corrected chi connectivity index (χ2v) is 8.96. The number of allylic oxidation sites excluding steroid dienone is 2. The number of amides is 2. The van der Waals surface area contributed by atoms with Gasteiger partial charge in [-0.2, -0.15) is 0 Å². The van der Waals surface area contributed by atoms with E-state index >= 15 is 0 Å². The Labute approximate surface area is 198 Å². The molecule has 0 spiro atoms. The summed E-state index contributed by atoms with van der Waals surface area (Å²) in [5, 5.41) is 3.02. The minimum Gasteiger partial charge on any atom is -0.455 e. The molecular formula is C27H25N3O4. The zero-order valence-electron chi connectivity index (χ0n) is 19.2. The van der Waals surface area contributed by atoms with Crippen molar-refractivity contribution in [2.24, 2.45) is 5.92 Å². The molecule has 2 aromatic heterocycles. The molecule has 1 atom stereocenters. The van der Waals surface area contributed by atoms with Crippen LogP contribution >= 0.6 is 0 Å². The van der Waals surface area contributed by atoms with Crippen molar-refractivity contribution in [3.05, 3.63) is 84.8 Å². The maximum Gasteiger partial charge on any atom is 0.262 e. The molecule has 0 radical (unpaired) electrons. The molecular weight excluding hydrogens is 430 g/mol. The van der Waals surface area contributed by atoms with Gasteiger partial charge in [0.2, 0.25) is 5.91 Å². The smallest absolute Gasteiger partial charge is 0.262 e. The Hall–Kier alpha value is -4.31. The summed E-state index contributed by atoms with van der Waals surface area (Å²) < 4.78 is 10.7. The van der Waals surface area contributed by atoms with Gasteiger partial charge in [0.15, 0.2) is 17.9 Å². The zero-order valence-corrected chi connectivity index (χ0v) is 19.2. The summed E-state index contributed by atoms with van der Waals surface area (Å²) in [6.45, 7) is 5.70. The first kappa shape index (κ1) is 22.9. The maximum atomic E-state index is 13.8. The van der Waals surface area contributed by atoms with Crippen LogP contribution in [0.2, 0.25) is 0 Å². The summed E-state index contributed by atoms with van der Waals surface area (Å²) in [4.78, 5) is 32.8. The molecule has 0 saturated heterocycles. The minimum absolute atomic E-state index is 0.236. The van der Waals surface area contributed by atoms with Crippen LogP contribution in [0.5, 0.6) is 0 Å². The fraction of sp³-hybridized carbons (Fsp3) is 0.222. The number of furan rings is 1. The zero-order chi connectivity index (χ0) is 24.3. The van der Waals surface area contributed by atoms with Crippen LogP contribution < -0.4 is 10.2 Å². The molecule has 7 nitrogen and oxygen atoms in total. The fourth-order valence-corrected chi connectivity index (χ4v) is 3.78. The highest BCUT2D eigenvalue weighted by atomic mass is 16.3. The molecule has 0 aliphatic heterocycles. The maximum absolute atomic E-state index is 13.8. The first-order valence-corrected chi connectivity index (χ1v) is 10.8. The van der Waals surface area contributed by atoms with E-state index in [2.05, 4.69) is 16.2 Å². The number of benzene rings is 1. The largest absolute Gasteiger partial charge is 0.455 e. The van der Waals surface area contributed by atoms with E-state index in [1.165, 1.54) is 23.6 Å². The summed E-state index contributed by atoms with van der Waals surface area (Å²) in [6.07, 6.45) is 17.2. The van der Waals surface area contributed by atoms with Crippen molar-refractivity contribution in [1.29, 1.82) is 0 Å². The lowest BCUT2D eigenvalue weighted by molar-refractivity contribution is -0.124. The third-order valence-electron chi connectivity index (χ3n) is 5.26. The van der Waals surface area contributed by atoms with Crippen molar-refractivity contribution >= 4 is 17.5 Å². The number of rotatable bonds is 6. The molecule has 1 aliphatic carbocycles. The Morgan fingerprint density at radius 1 is 1.15 bits per heavy atom. The van der Waals surface area contributed by atoms with Crippen LogP contribution in [0.4, 0.5) is 5.69 Å². The van der Waals surface area contributed by atoms with Crippen LogP contribution in [0, 0.1) is 18.3 Å². The van der Waals surface area contributed by atoms with Gasteiger partial charge in [-0.05, 0) is 51.0 Å². The number of nitrogens with zero attached hydrogens (tertiary/aromatic N) is 2. The van der Waals surface area contributed by atoms with Crippen LogP contribution in [-0.4, -0.2) is 28.4 Å². The monoisotopic (exact) mass is 455 g/mol. The van der Waals surface area contributed by atoms with E-state index in [-0.39, 0.29) is 23.1 Å². The fourth-order valence-electron chi connectivity index (χ4n) is 3.78. The molecule has 3 aromatic rings. The van der Waals surface area contributed by atoms with Gasteiger partial charge in [-0.1, -0.05) is 24.3 Å². The Balaban J connectivity index is 1.80. The molecule has 1 aliphatic rings. The van der Waals surface area contributed by atoms with Gasteiger partial charge in [0.05, 0.1) is 11.8 Å². The van der Waals surface area contributed by atoms with Crippen LogP contribution in [-0.2, 0) is 4.79 Å². The number of hydrogen-bond acceptors (Lipinski definition) is 5. The van der Waals surface area contributed by atoms with Crippen molar-refractivity contribution < 1.29 is 18.4 Å². The molecule has 0 saturated carbocycles. The van der Waals surface area contributed by atoms with Crippen LogP contribution in [0.15, 0.2) is 82.3 Å². The number of carbonyl (C=O) groups excluding carboxylic acids is 2. The normalized spacial score (nSPS) is 14.1. The van der Waals surface area contributed by atoms with Gasteiger partial charge in [-0.15, -0.1) is 6.42 Å². The first-order chi connectivity index (χ1) is 16.3. The number of anilines is 1. The molecule has 0 bridgehead atoms. The second-order valence-electron chi connectivity index (χ2n) is 8.96. The second kappa shape index (κ2) is 9.28. The molecule has 172 valence electrons. The Bertz CT molecular complexity index is 1260. The van der Waals surface area contributed by atoms with E-state index in [1.807, 2.05) is 57.2 Å². The highest BCUT2D eigenvalue weighted by Gasteiger charge is 2.38. The van der Waals surface area contributed by atoms with Crippen molar-refractivity contribution in [2.45, 2.75) is 32.4 Å². The third-order valence-corrected chi connectivity index (χ3v) is 5.26. The van der Waals surface area contributed by atoms with Gasteiger partial charge in [0.25, 0.3) is 5.91 Å². The molecule has 7 heteroatoms. The number of hydrogen-bond donors (Lipinski definition) is 1. The van der Waals surface area contributed by atoms with Gasteiger partial charge in [-0.3, -0.25) is 14.5 Å². The Morgan fingerprint density at radius 2 is 1.85 bits per heavy atom. The van der Waals surface area contributed by atoms with E-state index in [0.717, 1.165) is 5.56 Å². The highest BCUT2D eigenvalue weighted by molar-refractivity contribution is 6.10. The Morgan fingerprint density at radius 3 is 2.41 bits per heavy atom. The predicted molar refractivity (Wildman–Crippen MR) is 129 cm³/mol. The highest BCUT2D eigenvalue weighted by Crippen LogP contribution is 2.30. The van der Waals surface area contributed by atoms with Gasteiger partial charge in [0, 0.05) is 28.8 Å². The van der Waals surface area contributed by atoms with Crippen molar-refractivity contribution in [1.82, 2.24) is 10.3 Å². The van der Waals surface area contributed by atoms with Crippen molar-refractivity contribution in [3.63, 3.8) is 0 Å². The van der Waals surface area contributed by atoms with E-state index in [1.54, 1.807) is 18.3 Å². The summed E-state index contributed by atoms with van der Waals surface area (Å²) in [7, 11) is 0. The van der Waals surface area contributed by atoms with Crippen LogP contribution in [0.3, 0.4) is 0 Å². The number of aromatic nitrogens is 1. The van der Waals surface area contributed by atoms with Crippen molar-refractivity contribution in [3.8, 4) is 23.7 Å². The van der Waals surface area contributed by atoms with Crippen molar-refractivity contribution in [2.75, 3.05) is 4.90 Å². The van der Waals surface area contributed by atoms with E-state index in [4.69, 9.17) is 15.3 Å². The average Bonchev–Trinajstić information content (AvgIpc) is 3.58. The van der Waals surface area contributed by atoms with Gasteiger partial charge in [0.1, 0.15) is 12.3 Å². The lowest BCUT2D eigenvalue weighted by Gasteiger charge is -2.35. The van der Waals surface area contributed by atoms with E-state index < -0.39 is 17.5 Å². The number of terminal acetylenes is 1. The van der Waals surface area contributed by atoms with Gasteiger partial charge >= 0.3 is 0 Å². The van der Waals surface area contributed by atoms with Crippen LogP contribution in [0.1, 0.15) is 36.9 Å². The van der Waals surface area contributed by atoms with E-state index in [0.29, 0.717) is 11.4 Å². The summed E-state index contributed by atoms with van der Waals surface area (Å²) in [5.74, 6) is 2.22.